The van der Waals surface area contributed by atoms with Crippen molar-refractivity contribution in [2.75, 3.05) is 6.61 Å². The van der Waals surface area contributed by atoms with Gasteiger partial charge in [-0.3, -0.25) is 23.5 Å². The fourth-order valence-corrected chi connectivity index (χ4v) is 4.29. The minimum atomic E-state index is -0.650. The molecule has 0 aliphatic carbocycles. The van der Waals surface area contributed by atoms with Gasteiger partial charge in [-0.25, -0.2) is 4.98 Å². The predicted molar refractivity (Wildman–Crippen MR) is 123 cm³/mol. The lowest BCUT2D eigenvalue weighted by molar-refractivity contribution is -0.142. The van der Waals surface area contributed by atoms with E-state index in [1.165, 1.54) is 16.3 Å². The Bertz CT molecular complexity index is 1380. The molecule has 0 saturated carbocycles. The third kappa shape index (κ3) is 5.17. The van der Waals surface area contributed by atoms with E-state index in [0.29, 0.717) is 40.0 Å². The average molecular weight is 483 g/mol. The van der Waals surface area contributed by atoms with Gasteiger partial charge >= 0.3 is 5.97 Å². The van der Waals surface area contributed by atoms with Crippen molar-refractivity contribution in [3.8, 4) is 0 Å². The molecule has 0 bridgehead atoms. The van der Waals surface area contributed by atoms with E-state index in [1.807, 2.05) is 0 Å². The van der Waals surface area contributed by atoms with Crippen LogP contribution < -0.4 is 11.3 Å². The summed E-state index contributed by atoms with van der Waals surface area (Å²) in [5, 5.41) is 9.26. The van der Waals surface area contributed by atoms with Crippen LogP contribution in [0.4, 0.5) is 0 Å². The second kappa shape index (κ2) is 10.3. The summed E-state index contributed by atoms with van der Waals surface area (Å²) in [6.07, 6.45) is 1.50. The topological polar surface area (TPSA) is 148 Å². The van der Waals surface area contributed by atoms with Crippen LogP contribution >= 0.6 is 11.8 Å². The van der Waals surface area contributed by atoms with Crippen LogP contribution in [0.1, 0.15) is 24.3 Å². The number of carbonyl (C=O) groups is 2. The number of amides is 1. The second-order valence-corrected chi connectivity index (χ2v) is 8.18. The van der Waals surface area contributed by atoms with E-state index >= 15 is 0 Å². The zero-order valence-electron chi connectivity index (χ0n) is 18.3. The summed E-state index contributed by atoms with van der Waals surface area (Å²) in [4.78, 5) is 41.2. The van der Waals surface area contributed by atoms with Gasteiger partial charge in [0.15, 0.2) is 5.16 Å². The molecule has 0 atom stereocenters. The maximum atomic E-state index is 13.0. The Labute approximate surface area is 197 Å². The zero-order chi connectivity index (χ0) is 24.1. The third-order valence-corrected chi connectivity index (χ3v) is 5.84. The first-order chi connectivity index (χ1) is 16.5. The molecule has 1 aromatic carbocycles. The summed E-state index contributed by atoms with van der Waals surface area (Å²) >= 11 is 1.26. The molecule has 0 spiro atoms. The van der Waals surface area contributed by atoms with Crippen LogP contribution in [0.15, 0.2) is 57.0 Å². The molecule has 4 rings (SSSR count). The number of benzene rings is 1. The van der Waals surface area contributed by atoms with Crippen molar-refractivity contribution in [1.82, 2.24) is 24.3 Å². The lowest BCUT2D eigenvalue weighted by Gasteiger charge is -2.12. The third-order valence-electron chi connectivity index (χ3n) is 4.88. The van der Waals surface area contributed by atoms with E-state index < -0.39 is 11.9 Å². The van der Waals surface area contributed by atoms with E-state index in [1.54, 1.807) is 54.2 Å². The SMILES string of the molecule is CCOC(=O)Cc1nnc(SCc2nc3ccccc3c(=O)n2CC(N)=O)n1Cc1ccco1. The monoisotopic (exact) mass is 482 g/mol. The molecule has 0 radical (unpaired) electrons. The van der Waals surface area contributed by atoms with E-state index in [2.05, 4.69) is 15.2 Å². The number of carbonyl (C=O) groups excluding carboxylic acids is 2. The molecule has 34 heavy (non-hydrogen) atoms. The van der Waals surface area contributed by atoms with Crippen molar-refractivity contribution in [2.45, 2.75) is 37.3 Å². The summed E-state index contributed by atoms with van der Waals surface area (Å²) < 4.78 is 13.5. The highest BCUT2D eigenvalue weighted by Crippen LogP contribution is 2.23. The van der Waals surface area contributed by atoms with Gasteiger partial charge in [-0.15, -0.1) is 10.2 Å². The van der Waals surface area contributed by atoms with Gasteiger partial charge in [0.1, 0.15) is 30.4 Å². The number of primary amides is 1. The molecule has 0 aliphatic rings. The van der Waals surface area contributed by atoms with Crippen LogP contribution in [-0.2, 0) is 39.6 Å². The van der Waals surface area contributed by atoms with Crippen molar-refractivity contribution in [3.63, 3.8) is 0 Å². The van der Waals surface area contributed by atoms with Gasteiger partial charge in [0.05, 0.1) is 36.1 Å². The molecular weight excluding hydrogens is 460 g/mol. The van der Waals surface area contributed by atoms with E-state index in [4.69, 9.17) is 14.9 Å². The van der Waals surface area contributed by atoms with Crippen LogP contribution in [0, 0.1) is 0 Å². The molecule has 0 fully saturated rings. The largest absolute Gasteiger partial charge is 0.467 e. The molecule has 176 valence electrons. The van der Waals surface area contributed by atoms with Crippen molar-refractivity contribution < 1.29 is 18.7 Å². The van der Waals surface area contributed by atoms with Crippen molar-refractivity contribution in [2.24, 2.45) is 5.73 Å². The number of rotatable bonds is 10. The Morgan fingerprint density at radius 1 is 1.12 bits per heavy atom. The van der Waals surface area contributed by atoms with Gasteiger partial charge in [0.2, 0.25) is 5.91 Å². The molecule has 12 heteroatoms. The number of nitrogens with two attached hydrogens (primary N) is 1. The van der Waals surface area contributed by atoms with Crippen LogP contribution in [0.2, 0.25) is 0 Å². The molecule has 3 heterocycles. The van der Waals surface area contributed by atoms with E-state index in [0.717, 1.165) is 0 Å². The minimum absolute atomic E-state index is 0.0529. The van der Waals surface area contributed by atoms with Gasteiger partial charge in [-0.1, -0.05) is 23.9 Å². The summed E-state index contributed by atoms with van der Waals surface area (Å²) in [5.74, 6) is 0.580. The van der Waals surface area contributed by atoms with E-state index in [-0.39, 0.29) is 30.9 Å². The Hall–Kier alpha value is -3.93. The Balaban J connectivity index is 1.66. The molecule has 1 amide bonds. The molecule has 2 N–H and O–H groups in total. The maximum absolute atomic E-state index is 13.0. The number of nitrogens with zero attached hydrogens (tertiary/aromatic N) is 5. The maximum Gasteiger partial charge on any atom is 0.313 e. The average Bonchev–Trinajstić information content (AvgIpc) is 3.45. The summed E-state index contributed by atoms with van der Waals surface area (Å²) in [7, 11) is 0. The number of furan rings is 1. The lowest BCUT2D eigenvalue weighted by Crippen LogP contribution is -2.31. The number of hydrogen-bond donors (Lipinski definition) is 1. The number of hydrogen-bond acceptors (Lipinski definition) is 9. The Morgan fingerprint density at radius 2 is 1.94 bits per heavy atom. The van der Waals surface area contributed by atoms with Gasteiger partial charge < -0.3 is 14.9 Å². The van der Waals surface area contributed by atoms with Crippen LogP contribution in [0.3, 0.4) is 0 Å². The fraction of sp³-hybridized carbons (Fsp3) is 0.273. The standard InChI is InChI=1S/C22H22N6O5S/c1-2-32-20(30)10-18-25-26-22(28(18)11-14-6-5-9-33-14)34-13-19-24-16-8-4-3-7-15(16)21(31)27(19)12-17(23)29/h3-9H,2,10-13H2,1H3,(H2,23,29). The van der Waals surface area contributed by atoms with Crippen molar-refractivity contribution >= 4 is 34.5 Å². The number of ether oxygens (including phenoxy) is 1. The minimum Gasteiger partial charge on any atom is -0.467 e. The molecule has 0 saturated heterocycles. The van der Waals surface area contributed by atoms with Crippen molar-refractivity contribution in [3.05, 3.63) is 70.4 Å². The Kier molecular flexibility index (Phi) is 7.07. The first kappa shape index (κ1) is 23.2. The number of fused-ring (bicyclic) bond motifs is 1. The highest BCUT2D eigenvalue weighted by atomic mass is 32.2. The van der Waals surface area contributed by atoms with Gasteiger partial charge in [-0.2, -0.15) is 0 Å². The quantitative estimate of drug-likeness (QED) is 0.262. The number of aromatic nitrogens is 5. The summed E-state index contributed by atoms with van der Waals surface area (Å²) in [6.45, 7) is 2.00. The fourth-order valence-electron chi connectivity index (χ4n) is 3.39. The molecule has 0 unspecified atom stereocenters. The highest BCUT2D eigenvalue weighted by Gasteiger charge is 2.19. The lowest BCUT2D eigenvalue weighted by atomic mass is 10.2. The predicted octanol–water partition coefficient (Wildman–Crippen LogP) is 1.51. The van der Waals surface area contributed by atoms with Gasteiger partial charge in [0, 0.05) is 0 Å². The number of thioether (sulfide) groups is 1. The van der Waals surface area contributed by atoms with E-state index in [9.17, 15) is 14.4 Å². The number of para-hydroxylation sites is 1. The molecule has 3 aromatic heterocycles. The first-order valence-electron chi connectivity index (χ1n) is 10.5. The molecule has 11 nitrogen and oxygen atoms in total. The smallest absolute Gasteiger partial charge is 0.313 e. The van der Waals surface area contributed by atoms with Crippen LogP contribution in [0.25, 0.3) is 10.9 Å². The summed E-state index contributed by atoms with van der Waals surface area (Å²) in [6, 6.07) is 10.5. The highest BCUT2D eigenvalue weighted by molar-refractivity contribution is 7.98. The zero-order valence-corrected chi connectivity index (χ0v) is 19.2. The van der Waals surface area contributed by atoms with Crippen LogP contribution in [0.5, 0.6) is 0 Å². The molecule has 4 aromatic rings. The summed E-state index contributed by atoms with van der Waals surface area (Å²) in [5.41, 5.74) is 5.54. The van der Waals surface area contributed by atoms with Gasteiger partial charge in [-0.05, 0) is 31.2 Å². The first-order valence-corrected chi connectivity index (χ1v) is 11.4. The van der Waals surface area contributed by atoms with Crippen molar-refractivity contribution in [1.29, 1.82) is 0 Å². The molecular formula is C22H22N6O5S. The van der Waals surface area contributed by atoms with Gasteiger partial charge in [0.25, 0.3) is 5.56 Å². The molecule has 0 aliphatic heterocycles. The van der Waals surface area contributed by atoms with Crippen LogP contribution in [-0.4, -0.2) is 42.8 Å². The Morgan fingerprint density at radius 3 is 2.68 bits per heavy atom. The second-order valence-electron chi connectivity index (χ2n) is 7.24. The normalized spacial score (nSPS) is 11.1. The number of esters is 1.